The molecule has 0 atom stereocenters. The van der Waals surface area contributed by atoms with E-state index in [4.69, 9.17) is 9.47 Å². The van der Waals surface area contributed by atoms with Crippen molar-refractivity contribution in [3.8, 4) is 11.8 Å². The van der Waals surface area contributed by atoms with Crippen LogP contribution in [0.1, 0.15) is 16.3 Å². The van der Waals surface area contributed by atoms with Gasteiger partial charge in [-0.25, -0.2) is 4.98 Å². The Morgan fingerprint density at radius 1 is 1.10 bits per heavy atom. The number of hydrogen-bond acceptors (Lipinski definition) is 7. The van der Waals surface area contributed by atoms with Crippen molar-refractivity contribution in [2.45, 2.75) is 6.92 Å². The van der Waals surface area contributed by atoms with Crippen LogP contribution in [0.4, 0.5) is 5.82 Å². The van der Waals surface area contributed by atoms with E-state index in [-0.39, 0.29) is 17.6 Å². The average Bonchev–Trinajstić information content (AvgIpc) is 2.53. The summed E-state index contributed by atoms with van der Waals surface area (Å²) in [5.41, 5.74) is 0.628. The molecule has 0 aliphatic heterocycles. The third kappa shape index (κ3) is 3.04. The minimum atomic E-state index is -0.434. The van der Waals surface area contributed by atoms with E-state index in [0.717, 1.165) is 0 Å². The van der Waals surface area contributed by atoms with Crippen molar-refractivity contribution in [3.05, 3.63) is 30.0 Å². The van der Waals surface area contributed by atoms with Gasteiger partial charge in [0.05, 0.1) is 26.0 Å². The Balaban J connectivity index is 2.37. The van der Waals surface area contributed by atoms with Crippen LogP contribution in [0, 0.1) is 6.92 Å². The first-order valence-electron chi connectivity index (χ1n) is 6.09. The molecule has 0 saturated heterocycles. The number of carbonyl (C=O) groups is 1. The molecule has 0 saturated carbocycles. The molecule has 21 heavy (non-hydrogen) atoms. The summed E-state index contributed by atoms with van der Waals surface area (Å²) in [6.45, 7) is 1.76. The third-order valence-electron chi connectivity index (χ3n) is 2.77. The Morgan fingerprint density at radius 2 is 1.67 bits per heavy atom. The van der Waals surface area contributed by atoms with E-state index in [9.17, 15) is 4.79 Å². The average molecular weight is 289 g/mol. The second-order valence-corrected chi connectivity index (χ2v) is 4.11. The molecule has 0 aromatic carbocycles. The molecule has 0 fully saturated rings. The van der Waals surface area contributed by atoms with Gasteiger partial charge < -0.3 is 9.47 Å². The number of aromatic nitrogens is 4. The monoisotopic (exact) mass is 289 g/mol. The van der Waals surface area contributed by atoms with Gasteiger partial charge in [0.25, 0.3) is 5.91 Å². The number of carbonyl (C=O) groups excluding carboxylic acids is 1. The standard InChI is InChI=1S/C13H15N5O3/c1-8-12(15-6-5-14-8)18(2)13(19)11-16-9(20-3)7-10(17-11)21-4/h5-7H,1-4H3. The fourth-order valence-corrected chi connectivity index (χ4v) is 1.68. The summed E-state index contributed by atoms with van der Waals surface area (Å²) in [7, 11) is 4.48. The van der Waals surface area contributed by atoms with E-state index in [2.05, 4.69) is 19.9 Å². The van der Waals surface area contributed by atoms with Crippen LogP contribution in [0.5, 0.6) is 11.8 Å². The lowest BCUT2D eigenvalue weighted by Gasteiger charge is -2.16. The van der Waals surface area contributed by atoms with Crippen molar-refractivity contribution in [1.29, 1.82) is 0 Å². The molecule has 0 radical (unpaired) electrons. The maximum Gasteiger partial charge on any atom is 0.297 e. The zero-order chi connectivity index (χ0) is 15.4. The van der Waals surface area contributed by atoms with Crippen molar-refractivity contribution >= 4 is 11.7 Å². The van der Waals surface area contributed by atoms with Crippen LogP contribution >= 0.6 is 0 Å². The molecule has 8 nitrogen and oxygen atoms in total. The Bertz CT molecular complexity index is 640. The SMILES string of the molecule is COc1cc(OC)nc(C(=O)N(C)c2nccnc2C)n1. The highest BCUT2D eigenvalue weighted by atomic mass is 16.5. The Hall–Kier alpha value is -2.77. The minimum absolute atomic E-state index is 0.0428. The number of nitrogens with zero attached hydrogens (tertiary/aromatic N) is 5. The lowest BCUT2D eigenvalue weighted by Crippen LogP contribution is -2.30. The fraction of sp³-hybridized carbons (Fsp3) is 0.308. The highest BCUT2D eigenvalue weighted by molar-refractivity contribution is 6.02. The second kappa shape index (κ2) is 6.12. The molecule has 0 unspecified atom stereocenters. The van der Waals surface area contributed by atoms with Gasteiger partial charge in [-0.05, 0) is 6.92 Å². The second-order valence-electron chi connectivity index (χ2n) is 4.11. The fourth-order valence-electron chi connectivity index (χ4n) is 1.68. The molecule has 110 valence electrons. The van der Waals surface area contributed by atoms with E-state index in [1.807, 2.05) is 0 Å². The maximum atomic E-state index is 12.5. The zero-order valence-electron chi connectivity index (χ0n) is 12.2. The van der Waals surface area contributed by atoms with Crippen molar-refractivity contribution in [3.63, 3.8) is 0 Å². The van der Waals surface area contributed by atoms with E-state index in [1.165, 1.54) is 31.4 Å². The number of ether oxygens (including phenoxy) is 2. The molecule has 2 rings (SSSR count). The summed E-state index contributed by atoms with van der Waals surface area (Å²) < 4.78 is 10.1. The summed E-state index contributed by atoms with van der Waals surface area (Å²) in [5, 5.41) is 0. The first kappa shape index (κ1) is 14.6. The van der Waals surface area contributed by atoms with E-state index >= 15 is 0 Å². The van der Waals surface area contributed by atoms with E-state index in [0.29, 0.717) is 11.5 Å². The molecule has 0 aliphatic rings. The van der Waals surface area contributed by atoms with Crippen LogP contribution in [-0.4, -0.2) is 47.1 Å². The van der Waals surface area contributed by atoms with Crippen LogP contribution in [0.3, 0.4) is 0 Å². The van der Waals surface area contributed by atoms with Gasteiger partial charge in [-0.2, -0.15) is 9.97 Å². The van der Waals surface area contributed by atoms with Gasteiger partial charge in [0.15, 0.2) is 5.82 Å². The Labute approximate surface area is 121 Å². The van der Waals surface area contributed by atoms with Crippen LogP contribution < -0.4 is 14.4 Å². The van der Waals surface area contributed by atoms with Crippen molar-refractivity contribution < 1.29 is 14.3 Å². The molecule has 8 heteroatoms. The molecule has 1 amide bonds. The van der Waals surface area contributed by atoms with Gasteiger partial charge in [-0.15, -0.1) is 0 Å². The molecule has 2 heterocycles. The van der Waals surface area contributed by atoms with Crippen LogP contribution in [0.2, 0.25) is 0 Å². The Kier molecular flexibility index (Phi) is 4.27. The summed E-state index contributed by atoms with van der Waals surface area (Å²) in [6, 6.07) is 1.49. The van der Waals surface area contributed by atoms with Crippen LogP contribution in [-0.2, 0) is 0 Å². The number of rotatable bonds is 4. The number of methoxy groups -OCH3 is 2. The molecular formula is C13H15N5O3. The predicted molar refractivity (Wildman–Crippen MR) is 74.6 cm³/mol. The molecular weight excluding hydrogens is 274 g/mol. The van der Waals surface area contributed by atoms with Crippen LogP contribution in [0.15, 0.2) is 18.5 Å². The van der Waals surface area contributed by atoms with Gasteiger partial charge in [0, 0.05) is 19.4 Å². The summed E-state index contributed by atoms with van der Waals surface area (Å²) in [6.07, 6.45) is 3.07. The lowest BCUT2D eigenvalue weighted by molar-refractivity contribution is 0.0980. The summed E-state index contributed by atoms with van der Waals surface area (Å²) in [4.78, 5) is 30.1. The van der Waals surface area contributed by atoms with Crippen LogP contribution in [0.25, 0.3) is 0 Å². The number of hydrogen-bond donors (Lipinski definition) is 0. The number of amides is 1. The van der Waals surface area contributed by atoms with Crippen molar-refractivity contribution in [1.82, 2.24) is 19.9 Å². The van der Waals surface area contributed by atoms with Gasteiger partial charge in [-0.1, -0.05) is 0 Å². The van der Waals surface area contributed by atoms with E-state index < -0.39 is 5.91 Å². The highest BCUT2D eigenvalue weighted by Gasteiger charge is 2.21. The van der Waals surface area contributed by atoms with Crippen molar-refractivity contribution in [2.24, 2.45) is 0 Å². The molecule has 0 spiro atoms. The Morgan fingerprint density at radius 3 is 2.19 bits per heavy atom. The molecule has 2 aromatic rings. The first-order valence-corrected chi connectivity index (χ1v) is 6.09. The topological polar surface area (TPSA) is 90.3 Å². The van der Waals surface area contributed by atoms with Crippen molar-refractivity contribution in [2.75, 3.05) is 26.2 Å². The van der Waals surface area contributed by atoms with E-state index in [1.54, 1.807) is 20.2 Å². The quantitative estimate of drug-likeness (QED) is 0.824. The molecule has 0 bridgehead atoms. The first-order chi connectivity index (χ1) is 10.1. The normalized spacial score (nSPS) is 10.1. The third-order valence-corrected chi connectivity index (χ3v) is 2.77. The maximum absolute atomic E-state index is 12.5. The predicted octanol–water partition coefficient (Wildman–Crippen LogP) is 0.869. The van der Waals surface area contributed by atoms with Gasteiger partial charge in [-0.3, -0.25) is 14.7 Å². The number of anilines is 1. The summed E-state index contributed by atoms with van der Waals surface area (Å²) in [5.74, 6) is 0.450. The van der Waals surface area contributed by atoms with Gasteiger partial charge >= 0.3 is 0 Å². The largest absolute Gasteiger partial charge is 0.481 e. The molecule has 0 N–H and O–H groups in total. The smallest absolute Gasteiger partial charge is 0.297 e. The lowest BCUT2D eigenvalue weighted by atomic mass is 10.4. The zero-order valence-corrected chi connectivity index (χ0v) is 12.2. The van der Waals surface area contributed by atoms with Gasteiger partial charge in [0.1, 0.15) is 0 Å². The number of aryl methyl sites for hydroxylation is 1. The highest BCUT2D eigenvalue weighted by Crippen LogP contribution is 2.18. The summed E-state index contributed by atoms with van der Waals surface area (Å²) >= 11 is 0. The van der Waals surface area contributed by atoms with Gasteiger partial charge in [0.2, 0.25) is 17.6 Å². The molecule has 0 aliphatic carbocycles. The minimum Gasteiger partial charge on any atom is -0.481 e. The molecule has 2 aromatic heterocycles.